The van der Waals surface area contributed by atoms with Gasteiger partial charge in [-0.3, -0.25) is 0 Å². The molecule has 2 heterocycles. The first-order valence-electron chi connectivity index (χ1n) is 10.4. The number of hydrogen-bond donors (Lipinski definition) is 2. The van der Waals surface area contributed by atoms with Crippen molar-refractivity contribution >= 4 is 43.2 Å². The molecule has 0 aromatic heterocycles. The van der Waals surface area contributed by atoms with Crippen molar-refractivity contribution in [2.45, 2.75) is 37.5 Å². The fourth-order valence-electron chi connectivity index (χ4n) is 4.46. The number of benzene rings is 2. The maximum absolute atomic E-state index is 14.8. The van der Waals surface area contributed by atoms with Gasteiger partial charge in [-0.1, -0.05) is 46.3 Å². The maximum atomic E-state index is 14.8. The van der Waals surface area contributed by atoms with Crippen LogP contribution in [0.15, 0.2) is 46.9 Å². The third kappa shape index (κ3) is 5.25. The third-order valence-electron chi connectivity index (χ3n) is 5.91. The molecule has 31 heavy (non-hydrogen) atoms. The number of halogens is 3. The second kappa shape index (κ2) is 9.75. The zero-order valence-electron chi connectivity index (χ0n) is 16.9. The molecular weight excluding hydrogens is 507 g/mol. The van der Waals surface area contributed by atoms with Gasteiger partial charge in [-0.15, -0.1) is 11.6 Å². The first-order chi connectivity index (χ1) is 14.9. The van der Waals surface area contributed by atoms with Crippen LogP contribution in [0.3, 0.4) is 0 Å². The van der Waals surface area contributed by atoms with Gasteiger partial charge in [0.2, 0.25) is 10.0 Å². The molecule has 1 saturated heterocycles. The summed E-state index contributed by atoms with van der Waals surface area (Å²) in [7, 11) is -3.39. The Balaban J connectivity index is 1.58. The van der Waals surface area contributed by atoms with Crippen molar-refractivity contribution in [2.24, 2.45) is 5.92 Å². The second-order valence-electron chi connectivity index (χ2n) is 8.01. The van der Waals surface area contributed by atoms with Crippen LogP contribution >= 0.6 is 27.5 Å². The van der Waals surface area contributed by atoms with Crippen molar-refractivity contribution in [3.8, 4) is 0 Å². The van der Waals surface area contributed by atoms with Crippen LogP contribution < -0.4 is 10.0 Å². The number of fused-ring (bicyclic) bond motifs is 3. The normalized spacial score (nSPS) is 25.4. The maximum Gasteiger partial charge on any atom is 0.211 e. The zero-order chi connectivity index (χ0) is 22.0. The van der Waals surface area contributed by atoms with E-state index in [0.29, 0.717) is 22.5 Å². The SMILES string of the molecule is O=S(=O)(CCCCl)NC[C@H]1CC[C@@H]2[C@H](O1)c1cc(Br)cc(F)c1N[C@H]2c1ccccc1. The monoisotopic (exact) mass is 530 g/mol. The van der Waals surface area contributed by atoms with E-state index in [-0.39, 0.29) is 42.3 Å². The van der Waals surface area contributed by atoms with Crippen LogP contribution in [0.1, 0.15) is 42.5 Å². The largest absolute Gasteiger partial charge is 0.375 e. The van der Waals surface area contributed by atoms with Crippen molar-refractivity contribution in [2.75, 3.05) is 23.5 Å². The van der Waals surface area contributed by atoms with Gasteiger partial charge in [-0.05, 0) is 37.0 Å². The Labute approximate surface area is 195 Å². The molecular formula is C22H25BrClFN2O3S. The smallest absolute Gasteiger partial charge is 0.211 e. The summed E-state index contributed by atoms with van der Waals surface area (Å²) < 4.78 is 48.8. The van der Waals surface area contributed by atoms with Crippen molar-refractivity contribution in [3.05, 3.63) is 63.9 Å². The fourth-order valence-corrected chi connectivity index (χ4v) is 6.31. The summed E-state index contributed by atoms with van der Waals surface area (Å²) in [6.07, 6.45) is 1.34. The van der Waals surface area contributed by atoms with Gasteiger partial charge in [-0.2, -0.15) is 0 Å². The lowest BCUT2D eigenvalue weighted by molar-refractivity contribution is -0.0901. The Hall–Kier alpha value is -1.19. The number of hydrogen-bond acceptors (Lipinski definition) is 4. The molecule has 0 saturated carbocycles. The van der Waals surface area contributed by atoms with Crippen LogP contribution in [0.4, 0.5) is 10.1 Å². The minimum atomic E-state index is -3.39. The molecule has 2 aliphatic heterocycles. The summed E-state index contributed by atoms with van der Waals surface area (Å²) in [4.78, 5) is 0. The first-order valence-corrected chi connectivity index (χ1v) is 13.3. The Bertz CT molecular complexity index is 1020. The Morgan fingerprint density at radius 1 is 1.23 bits per heavy atom. The molecule has 168 valence electrons. The molecule has 5 nitrogen and oxygen atoms in total. The van der Waals surface area contributed by atoms with Gasteiger partial charge in [0.25, 0.3) is 0 Å². The van der Waals surface area contributed by atoms with E-state index in [1.54, 1.807) is 0 Å². The molecule has 2 N–H and O–H groups in total. The number of alkyl halides is 1. The van der Waals surface area contributed by atoms with Crippen molar-refractivity contribution in [3.63, 3.8) is 0 Å². The molecule has 0 amide bonds. The van der Waals surface area contributed by atoms with E-state index in [9.17, 15) is 12.8 Å². The highest BCUT2D eigenvalue weighted by Gasteiger charge is 2.43. The van der Waals surface area contributed by atoms with E-state index in [0.717, 1.165) is 24.0 Å². The van der Waals surface area contributed by atoms with Crippen molar-refractivity contribution in [1.29, 1.82) is 0 Å². The Morgan fingerprint density at radius 3 is 2.74 bits per heavy atom. The predicted octanol–water partition coefficient (Wildman–Crippen LogP) is 5.14. The molecule has 0 bridgehead atoms. The topological polar surface area (TPSA) is 67.4 Å². The molecule has 0 aliphatic carbocycles. The van der Waals surface area contributed by atoms with Crippen LogP contribution in [-0.2, 0) is 14.8 Å². The molecule has 0 unspecified atom stereocenters. The highest BCUT2D eigenvalue weighted by Crippen LogP contribution is 2.51. The average molecular weight is 532 g/mol. The second-order valence-corrected chi connectivity index (χ2v) is 11.2. The molecule has 0 radical (unpaired) electrons. The summed E-state index contributed by atoms with van der Waals surface area (Å²) in [6, 6.07) is 13.2. The zero-order valence-corrected chi connectivity index (χ0v) is 20.0. The lowest BCUT2D eigenvalue weighted by Gasteiger charge is -2.45. The average Bonchev–Trinajstić information content (AvgIpc) is 2.76. The lowest BCUT2D eigenvalue weighted by Crippen LogP contribution is -2.43. The predicted molar refractivity (Wildman–Crippen MR) is 124 cm³/mol. The highest BCUT2D eigenvalue weighted by molar-refractivity contribution is 9.10. The van der Waals surface area contributed by atoms with Crippen LogP contribution in [0.25, 0.3) is 0 Å². The van der Waals surface area contributed by atoms with Crippen LogP contribution in [-0.4, -0.2) is 32.7 Å². The van der Waals surface area contributed by atoms with Crippen LogP contribution in [0.5, 0.6) is 0 Å². The number of sulfonamides is 1. The van der Waals surface area contributed by atoms with E-state index in [2.05, 4.69) is 26.0 Å². The van der Waals surface area contributed by atoms with Gasteiger partial charge in [0.05, 0.1) is 29.7 Å². The summed E-state index contributed by atoms with van der Waals surface area (Å²) in [5, 5.41) is 3.40. The van der Waals surface area contributed by atoms with Gasteiger partial charge in [0, 0.05) is 28.4 Å². The molecule has 1 fully saturated rings. The van der Waals surface area contributed by atoms with Crippen molar-refractivity contribution < 1.29 is 17.5 Å². The number of anilines is 1. The molecule has 2 aromatic carbocycles. The number of ether oxygens (including phenoxy) is 1. The van der Waals surface area contributed by atoms with E-state index in [4.69, 9.17) is 16.3 Å². The highest BCUT2D eigenvalue weighted by atomic mass is 79.9. The van der Waals surface area contributed by atoms with E-state index < -0.39 is 10.0 Å². The van der Waals surface area contributed by atoms with E-state index >= 15 is 0 Å². The minimum absolute atomic E-state index is 0.00370. The molecule has 0 spiro atoms. The quantitative estimate of drug-likeness (QED) is 0.486. The van der Waals surface area contributed by atoms with Crippen molar-refractivity contribution in [1.82, 2.24) is 4.72 Å². The number of nitrogens with one attached hydrogen (secondary N) is 2. The van der Waals surface area contributed by atoms with Gasteiger partial charge in [0.1, 0.15) is 5.82 Å². The van der Waals surface area contributed by atoms with Gasteiger partial charge >= 0.3 is 0 Å². The summed E-state index contributed by atoms with van der Waals surface area (Å²) >= 11 is 9.00. The van der Waals surface area contributed by atoms with E-state index in [1.165, 1.54) is 6.07 Å². The number of rotatable bonds is 7. The fraction of sp³-hybridized carbons (Fsp3) is 0.455. The van der Waals surface area contributed by atoms with Gasteiger partial charge in [0.15, 0.2) is 0 Å². The Morgan fingerprint density at radius 2 is 2.00 bits per heavy atom. The van der Waals surface area contributed by atoms with Crippen LogP contribution in [0, 0.1) is 11.7 Å². The van der Waals surface area contributed by atoms with E-state index in [1.807, 2.05) is 36.4 Å². The van der Waals surface area contributed by atoms with Gasteiger partial charge < -0.3 is 10.1 Å². The summed E-state index contributed by atoms with van der Waals surface area (Å²) in [5.41, 5.74) is 2.29. The third-order valence-corrected chi connectivity index (χ3v) is 8.06. The molecule has 4 atom stereocenters. The molecule has 4 rings (SSSR count). The molecule has 2 aliphatic rings. The first kappa shape index (κ1) is 23.0. The van der Waals surface area contributed by atoms with Gasteiger partial charge in [-0.25, -0.2) is 17.5 Å². The molecule has 2 aromatic rings. The summed E-state index contributed by atoms with van der Waals surface area (Å²) in [6.45, 7) is 0.198. The Kier molecular flexibility index (Phi) is 7.23. The minimum Gasteiger partial charge on any atom is -0.375 e. The lowest BCUT2D eigenvalue weighted by atomic mass is 9.76. The molecule has 9 heteroatoms. The standard InChI is InChI=1S/C22H25BrClFN2O3S/c23-15-11-18-21(19(25)12-15)27-20(14-5-2-1-3-6-14)17-8-7-16(30-22(17)18)13-26-31(28,29)10-4-9-24/h1-3,5-6,11-12,16-17,20,22,26-27H,4,7-10,13H2/t16-,17+,20+,22+/m1/s1. The van der Waals surface area contributed by atoms with Crippen LogP contribution in [0.2, 0.25) is 0 Å². The summed E-state index contributed by atoms with van der Waals surface area (Å²) in [5.74, 6) is 0.0651.